The van der Waals surface area contributed by atoms with Gasteiger partial charge in [-0.05, 0) is 24.6 Å². The summed E-state index contributed by atoms with van der Waals surface area (Å²) in [4.78, 5) is 15.2. The smallest absolute Gasteiger partial charge is 0.339 e. The SMILES string of the molecule is CCOC(=O)C(O)c1ccc(-n2cncn2)cc1. The van der Waals surface area contributed by atoms with Gasteiger partial charge in [0.15, 0.2) is 6.10 Å². The van der Waals surface area contributed by atoms with E-state index in [1.54, 1.807) is 42.2 Å². The van der Waals surface area contributed by atoms with Crippen LogP contribution in [0.5, 0.6) is 0 Å². The maximum atomic E-state index is 11.4. The number of hydrogen-bond acceptors (Lipinski definition) is 5. The largest absolute Gasteiger partial charge is 0.464 e. The highest BCUT2D eigenvalue weighted by Crippen LogP contribution is 2.16. The second-order valence-electron chi connectivity index (χ2n) is 3.59. The Hall–Kier alpha value is -2.21. The van der Waals surface area contributed by atoms with Crippen molar-refractivity contribution in [3.63, 3.8) is 0 Å². The second-order valence-corrected chi connectivity index (χ2v) is 3.59. The van der Waals surface area contributed by atoms with Crippen molar-refractivity contribution in [3.05, 3.63) is 42.5 Å². The molecule has 0 aliphatic rings. The molecular weight excluding hydrogens is 234 g/mol. The molecule has 0 saturated carbocycles. The minimum Gasteiger partial charge on any atom is -0.464 e. The number of aromatic nitrogens is 3. The number of hydrogen-bond donors (Lipinski definition) is 1. The van der Waals surface area contributed by atoms with E-state index in [0.29, 0.717) is 5.56 Å². The molecule has 6 heteroatoms. The van der Waals surface area contributed by atoms with E-state index in [2.05, 4.69) is 10.1 Å². The predicted molar refractivity (Wildman–Crippen MR) is 63.0 cm³/mol. The van der Waals surface area contributed by atoms with Crippen molar-refractivity contribution in [1.82, 2.24) is 14.8 Å². The van der Waals surface area contributed by atoms with Crippen LogP contribution in [0.1, 0.15) is 18.6 Å². The topological polar surface area (TPSA) is 77.2 Å². The van der Waals surface area contributed by atoms with Gasteiger partial charge in [0.1, 0.15) is 12.7 Å². The Morgan fingerprint density at radius 3 is 2.72 bits per heavy atom. The highest BCUT2D eigenvalue weighted by molar-refractivity contribution is 5.76. The van der Waals surface area contributed by atoms with Crippen molar-refractivity contribution in [2.24, 2.45) is 0 Å². The van der Waals surface area contributed by atoms with Gasteiger partial charge < -0.3 is 9.84 Å². The third-order valence-corrected chi connectivity index (χ3v) is 2.40. The van der Waals surface area contributed by atoms with Crippen LogP contribution in [-0.4, -0.2) is 32.4 Å². The second kappa shape index (κ2) is 5.42. The number of nitrogens with zero attached hydrogens (tertiary/aromatic N) is 3. The van der Waals surface area contributed by atoms with E-state index in [4.69, 9.17) is 4.74 Å². The van der Waals surface area contributed by atoms with Crippen molar-refractivity contribution < 1.29 is 14.6 Å². The fraction of sp³-hybridized carbons (Fsp3) is 0.250. The lowest BCUT2D eigenvalue weighted by Crippen LogP contribution is -2.15. The molecule has 0 aliphatic carbocycles. The minimum atomic E-state index is -1.25. The number of benzene rings is 1. The lowest BCUT2D eigenvalue weighted by atomic mass is 10.1. The zero-order valence-electron chi connectivity index (χ0n) is 9.85. The summed E-state index contributed by atoms with van der Waals surface area (Å²) in [5.74, 6) is -0.647. The van der Waals surface area contributed by atoms with Crippen molar-refractivity contribution in [2.45, 2.75) is 13.0 Å². The van der Waals surface area contributed by atoms with Crippen molar-refractivity contribution in [2.75, 3.05) is 6.61 Å². The number of carbonyl (C=O) groups is 1. The van der Waals surface area contributed by atoms with Gasteiger partial charge in [-0.2, -0.15) is 5.10 Å². The van der Waals surface area contributed by atoms with E-state index in [1.807, 2.05) is 0 Å². The summed E-state index contributed by atoms with van der Waals surface area (Å²) < 4.78 is 6.33. The quantitative estimate of drug-likeness (QED) is 0.811. The van der Waals surface area contributed by atoms with Crippen LogP contribution < -0.4 is 0 Å². The molecule has 1 unspecified atom stereocenters. The Bertz CT molecular complexity index is 508. The standard InChI is InChI=1S/C12H13N3O3/c1-2-18-12(17)11(16)9-3-5-10(6-4-9)15-8-13-7-14-15/h3-8,11,16H,2H2,1H3. The van der Waals surface area contributed by atoms with Gasteiger partial charge in [-0.3, -0.25) is 0 Å². The molecule has 6 nitrogen and oxygen atoms in total. The molecule has 1 aromatic heterocycles. The van der Waals surface area contributed by atoms with Crippen molar-refractivity contribution in [3.8, 4) is 5.69 Å². The molecule has 18 heavy (non-hydrogen) atoms. The molecule has 1 aromatic carbocycles. The highest BCUT2D eigenvalue weighted by atomic mass is 16.5. The number of aliphatic hydroxyl groups excluding tert-OH is 1. The van der Waals surface area contributed by atoms with Gasteiger partial charge >= 0.3 is 5.97 Å². The average Bonchev–Trinajstić information content (AvgIpc) is 2.92. The van der Waals surface area contributed by atoms with Crippen molar-refractivity contribution >= 4 is 5.97 Å². The molecule has 1 N–H and O–H groups in total. The van der Waals surface area contributed by atoms with Crippen LogP contribution >= 0.6 is 0 Å². The maximum Gasteiger partial charge on any atom is 0.339 e. The molecule has 0 fully saturated rings. The first-order valence-electron chi connectivity index (χ1n) is 5.52. The van der Waals surface area contributed by atoms with Crippen LogP contribution in [0.4, 0.5) is 0 Å². The van der Waals surface area contributed by atoms with Crippen molar-refractivity contribution in [1.29, 1.82) is 0 Å². The molecule has 94 valence electrons. The van der Waals surface area contributed by atoms with Gasteiger partial charge in [-0.25, -0.2) is 14.5 Å². The van der Waals surface area contributed by atoms with Crippen LogP contribution in [0.25, 0.3) is 5.69 Å². The Balaban J connectivity index is 2.15. The lowest BCUT2D eigenvalue weighted by Gasteiger charge is -2.10. The third-order valence-electron chi connectivity index (χ3n) is 2.40. The van der Waals surface area contributed by atoms with Crippen LogP contribution in [-0.2, 0) is 9.53 Å². The lowest BCUT2D eigenvalue weighted by molar-refractivity contribution is -0.153. The van der Waals surface area contributed by atoms with Gasteiger partial charge in [0.05, 0.1) is 12.3 Å². The summed E-state index contributed by atoms with van der Waals surface area (Å²) in [5.41, 5.74) is 1.28. The zero-order valence-corrected chi connectivity index (χ0v) is 9.85. The molecule has 0 spiro atoms. The molecule has 0 saturated heterocycles. The number of carbonyl (C=O) groups excluding carboxylic acids is 1. The number of ether oxygens (including phenoxy) is 1. The first-order valence-corrected chi connectivity index (χ1v) is 5.52. The molecule has 1 heterocycles. The molecule has 2 aromatic rings. The predicted octanol–water partition coefficient (Wildman–Crippen LogP) is 0.864. The summed E-state index contributed by atoms with van der Waals surface area (Å²) >= 11 is 0. The Morgan fingerprint density at radius 2 is 2.17 bits per heavy atom. The monoisotopic (exact) mass is 247 g/mol. The van der Waals surface area contributed by atoms with Crippen LogP contribution in [0.3, 0.4) is 0 Å². The Kier molecular flexibility index (Phi) is 3.69. The van der Waals surface area contributed by atoms with E-state index < -0.39 is 12.1 Å². The van der Waals surface area contributed by atoms with E-state index in [0.717, 1.165) is 5.69 Å². The van der Waals surface area contributed by atoms with Gasteiger partial charge in [-0.1, -0.05) is 12.1 Å². The van der Waals surface area contributed by atoms with Gasteiger partial charge in [0.2, 0.25) is 0 Å². The fourth-order valence-corrected chi connectivity index (χ4v) is 1.51. The summed E-state index contributed by atoms with van der Waals surface area (Å²) in [6, 6.07) is 6.79. The molecule has 2 rings (SSSR count). The molecule has 0 bridgehead atoms. The first-order chi connectivity index (χ1) is 8.72. The highest BCUT2D eigenvalue weighted by Gasteiger charge is 2.18. The molecule has 1 atom stereocenters. The number of aliphatic hydroxyl groups is 1. The average molecular weight is 247 g/mol. The summed E-state index contributed by atoms with van der Waals surface area (Å²) in [5, 5.41) is 13.7. The van der Waals surface area contributed by atoms with Gasteiger partial charge in [0, 0.05) is 0 Å². The zero-order chi connectivity index (χ0) is 13.0. The third kappa shape index (κ3) is 2.54. The first kappa shape index (κ1) is 12.3. The maximum absolute atomic E-state index is 11.4. The van der Waals surface area contributed by atoms with E-state index in [-0.39, 0.29) is 6.61 Å². The van der Waals surface area contributed by atoms with Crippen LogP contribution in [0, 0.1) is 0 Å². The fourth-order valence-electron chi connectivity index (χ4n) is 1.51. The molecule has 0 aliphatic heterocycles. The van der Waals surface area contributed by atoms with Gasteiger partial charge in [-0.15, -0.1) is 0 Å². The Morgan fingerprint density at radius 1 is 1.44 bits per heavy atom. The Labute approximate surface area is 104 Å². The van der Waals surface area contributed by atoms with E-state index in [9.17, 15) is 9.90 Å². The van der Waals surface area contributed by atoms with Crippen LogP contribution in [0.2, 0.25) is 0 Å². The molecular formula is C12H13N3O3. The minimum absolute atomic E-state index is 0.243. The van der Waals surface area contributed by atoms with Crippen LogP contribution in [0.15, 0.2) is 36.9 Å². The number of esters is 1. The molecule has 0 amide bonds. The van der Waals surface area contributed by atoms with Gasteiger partial charge in [0.25, 0.3) is 0 Å². The molecule has 0 radical (unpaired) electrons. The summed E-state index contributed by atoms with van der Waals surface area (Å²) in [6.45, 7) is 1.94. The summed E-state index contributed by atoms with van der Waals surface area (Å²) in [7, 11) is 0. The van der Waals surface area contributed by atoms with E-state index in [1.165, 1.54) is 6.33 Å². The summed E-state index contributed by atoms with van der Waals surface area (Å²) in [6.07, 6.45) is 1.74. The normalized spacial score (nSPS) is 12.1. The number of rotatable bonds is 4. The van der Waals surface area contributed by atoms with E-state index >= 15 is 0 Å².